The summed E-state index contributed by atoms with van der Waals surface area (Å²) in [5.41, 5.74) is 1.42. The van der Waals surface area contributed by atoms with Gasteiger partial charge in [-0.15, -0.1) is 0 Å². The number of methoxy groups -OCH3 is 1. The first kappa shape index (κ1) is 16.0. The van der Waals surface area contributed by atoms with Crippen LogP contribution in [-0.4, -0.2) is 32.6 Å². The van der Waals surface area contributed by atoms with E-state index in [1.165, 1.54) is 24.8 Å². The molecule has 0 saturated carbocycles. The molecule has 1 aromatic rings. The van der Waals surface area contributed by atoms with E-state index in [1.807, 2.05) is 6.07 Å². The van der Waals surface area contributed by atoms with Crippen LogP contribution in [0.25, 0.3) is 0 Å². The third-order valence-corrected chi connectivity index (χ3v) is 3.73. The molecule has 0 N–H and O–H groups in total. The third kappa shape index (κ3) is 5.23. The van der Waals surface area contributed by atoms with Crippen LogP contribution in [-0.2, 0) is 0 Å². The maximum absolute atomic E-state index is 5.36. The van der Waals surface area contributed by atoms with E-state index in [2.05, 4.69) is 51.0 Å². The Balaban J connectivity index is 2.87. The molecule has 0 amide bonds. The van der Waals surface area contributed by atoms with E-state index >= 15 is 0 Å². The zero-order chi connectivity index (χ0) is 14.3. The van der Waals surface area contributed by atoms with Crippen LogP contribution in [0.3, 0.4) is 0 Å². The van der Waals surface area contributed by atoms with Gasteiger partial charge in [0.2, 0.25) is 0 Å². The van der Waals surface area contributed by atoms with Crippen LogP contribution in [0, 0.1) is 5.92 Å². The van der Waals surface area contributed by atoms with Gasteiger partial charge in [0.1, 0.15) is 5.75 Å². The second-order valence-corrected chi connectivity index (χ2v) is 5.76. The number of nitrogens with zero attached hydrogens (tertiary/aromatic N) is 1. The summed E-state index contributed by atoms with van der Waals surface area (Å²) in [6.45, 7) is 5.75. The first-order valence-corrected chi connectivity index (χ1v) is 7.37. The summed E-state index contributed by atoms with van der Waals surface area (Å²) >= 11 is 0. The van der Waals surface area contributed by atoms with Gasteiger partial charge in [-0.3, -0.25) is 0 Å². The monoisotopic (exact) mass is 263 g/mol. The van der Waals surface area contributed by atoms with E-state index in [4.69, 9.17) is 4.74 Å². The van der Waals surface area contributed by atoms with Crippen molar-refractivity contribution >= 4 is 0 Å². The number of hydrogen-bond donors (Lipinski definition) is 0. The predicted molar refractivity (Wildman–Crippen MR) is 83.0 cm³/mol. The number of unbranched alkanes of at least 4 members (excludes halogenated alkanes) is 1. The molecule has 2 atom stereocenters. The Labute approximate surface area is 118 Å². The number of ether oxygens (including phenoxy) is 1. The van der Waals surface area contributed by atoms with E-state index < -0.39 is 0 Å². The summed E-state index contributed by atoms with van der Waals surface area (Å²) < 4.78 is 5.36. The second kappa shape index (κ2) is 8.21. The molecule has 0 unspecified atom stereocenters. The van der Waals surface area contributed by atoms with Gasteiger partial charge in [-0.05, 0) is 50.0 Å². The van der Waals surface area contributed by atoms with Crippen LogP contribution in [0.5, 0.6) is 5.75 Å². The molecule has 0 bridgehead atoms. The summed E-state index contributed by atoms with van der Waals surface area (Å²) in [7, 11) is 6.04. The lowest BCUT2D eigenvalue weighted by Crippen LogP contribution is -2.24. The van der Waals surface area contributed by atoms with Gasteiger partial charge in [0.25, 0.3) is 0 Å². The Morgan fingerprint density at radius 2 is 2.00 bits per heavy atom. The largest absolute Gasteiger partial charge is 0.497 e. The van der Waals surface area contributed by atoms with Crippen molar-refractivity contribution in [3.63, 3.8) is 0 Å². The maximum atomic E-state index is 5.36. The molecule has 1 aromatic carbocycles. The van der Waals surface area contributed by atoms with Crippen molar-refractivity contribution in [2.75, 3.05) is 27.7 Å². The minimum atomic E-state index is 0.623. The highest BCUT2D eigenvalue weighted by molar-refractivity contribution is 5.31. The van der Waals surface area contributed by atoms with Gasteiger partial charge in [0.15, 0.2) is 0 Å². The summed E-state index contributed by atoms with van der Waals surface area (Å²) in [5, 5.41) is 0. The average molecular weight is 263 g/mol. The van der Waals surface area contributed by atoms with Crippen LogP contribution in [0.1, 0.15) is 44.6 Å². The fraction of sp³-hybridized carbons (Fsp3) is 0.647. The molecule has 0 aliphatic heterocycles. The Bertz CT molecular complexity index is 362. The topological polar surface area (TPSA) is 12.5 Å². The molecule has 0 heterocycles. The fourth-order valence-electron chi connectivity index (χ4n) is 2.78. The van der Waals surface area contributed by atoms with E-state index in [0.29, 0.717) is 11.8 Å². The molecular weight excluding hydrogens is 234 g/mol. The third-order valence-electron chi connectivity index (χ3n) is 3.73. The Kier molecular flexibility index (Phi) is 6.93. The van der Waals surface area contributed by atoms with Crippen molar-refractivity contribution in [1.82, 2.24) is 4.90 Å². The van der Waals surface area contributed by atoms with E-state index in [-0.39, 0.29) is 0 Å². The number of benzene rings is 1. The summed E-state index contributed by atoms with van der Waals surface area (Å²) in [4.78, 5) is 2.28. The molecule has 0 aliphatic rings. The zero-order valence-electron chi connectivity index (χ0n) is 13.1. The first-order chi connectivity index (χ1) is 9.08. The molecular formula is C17H29NO. The highest BCUT2D eigenvalue weighted by atomic mass is 16.5. The predicted octanol–water partition coefficient (Wildman–Crippen LogP) is 4.17. The van der Waals surface area contributed by atoms with E-state index in [0.717, 1.165) is 12.3 Å². The lowest BCUT2D eigenvalue weighted by molar-refractivity contribution is 0.295. The Morgan fingerprint density at radius 3 is 2.58 bits per heavy atom. The molecule has 0 aromatic heterocycles. The van der Waals surface area contributed by atoms with Gasteiger partial charge < -0.3 is 9.64 Å². The summed E-state index contributed by atoms with van der Waals surface area (Å²) in [5.74, 6) is 2.25. The lowest BCUT2D eigenvalue weighted by atomic mass is 9.83. The van der Waals surface area contributed by atoms with Gasteiger partial charge >= 0.3 is 0 Å². The van der Waals surface area contributed by atoms with Gasteiger partial charge in [0, 0.05) is 6.54 Å². The van der Waals surface area contributed by atoms with Gasteiger partial charge in [-0.25, -0.2) is 0 Å². The molecule has 0 fully saturated rings. The quantitative estimate of drug-likeness (QED) is 0.698. The van der Waals surface area contributed by atoms with Crippen molar-refractivity contribution in [1.29, 1.82) is 0 Å². The summed E-state index contributed by atoms with van der Waals surface area (Å²) in [6.07, 6.45) is 3.81. The van der Waals surface area contributed by atoms with E-state index in [1.54, 1.807) is 7.11 Å². The second-order valence-electron chi connectivity index (χ2n) is 5.76. The average Bonchev–Trinajstić information content (AvgIpc) is 2.38. The Morgan fingerprint density at radius 1 is 1.26 bits per heavy atom. The van der Waals surface area contributed by atoms with Crippen molar-refractivity contribution in [3.8, 4) is 5.75 Å². The molecule has 0 aliphatic carbocycles. The van der Waals surface area contributed by atoms with Crippen LogP contribution in [0.15, 0.2) is 24.3 Å². The SMILES string of the molecule is CCCC[C@@H](c1cccc(OC)c1)[C@H](C)CN(C)C. The highest BCUT2D eigenvalue weighted by Crippen LogP contribution is 2.32. The van der Waals surface area contributed by atoms with Crippen LogP contribution < -0.4 is 4.74 Å². The molecule has 0 radical (unpaired) electrons. The van der Waals surface area contributed by atoms with Gasteiger partial charge in [-0.1, -0.05) is 38.8 Å². The Hall–Kier alpha value is -1.02. The number of hydrogen-bond acceptors (Lipinski definition) is 2. The van der Waals surface area contributed by atoms with Crippen molar-refractivity contribution in [3.05, 3.63) is 29.8 Å². The molecule has 2 nitrogen and oxygen atoms in total. The number of rotatable bonds is 8. The van der Waals surface area contributed by atoms with Crippen molar-refractivity contribution < 1.29 is 4.74 Å². The lowest BCUT2D eigenvalue weighted by Gasteiger charge is -2.27. The van der Waals surface area contributed by atoms with Gasteiger partial charge in [-0.2, -0.15) is 0 Å². The molecule has 1 rings (SSSR count). The smallest absolute Gasteiger partial charge is 0.119 e. The fourth-order valence-corrected chi connectivity index (χ4v) is 2.78. The van der Waals surface area contributed by atoms with Crippen LogP contribution >= 0.6 is 0 Å². The van der Waals surface area contributed by atoms with Crippen LogP contribution in [0.2, 0.25) is 0 Å². The van der Waals surface area contributed by atoms with Crippen LogP contribution in [0.4, 0.5) is 0 Å². The molecule has 19 heavy (non-hydrogen) atoms. The molecule has 0 spiro atoms. The van der Waals surface area contributed by atoms with E-state index in [9.17, 15) is 0 Å². The van der Waals surface area contributed by atoms with Crippen molar-refractivity contribution in [2.45, 2.75) is 39.0 Å². The standard InChI is InChI=1S/C17H29NO/c1-6-7-11-17(14(2)13-18(3)4)15-9-8-10-16(12-15)19-5/h8-10,12,14,17H,6-7,11,13H2,1-5H3/t14-,17-/m1/s1. The molecule has 108 valence electrons. The minimum absolute atomic E-state index is 0.623. The normalized spacial score (nSPS) is 14.4. The molecule has 0 saturated heterocycles. The first-order valence-electron chi connectivity index (χ1n) is 7.37. The molecule has 2 heteroatoms. The zero-order valence-corrected chi connectivity index (χ0v) is 13.1. The maximum Gasteiger partial charge on any atom is 0.119 e. The minimum Gasteiger partial charge on any atom is -0.497 e. The summed E-state index contributed by atoms with van der Waals surface area (Å²) in [6, 6.07) is 8.58. The van der Waals surface area contributed by atoms with Crippen molar-refractivity contribution in [2.24, 2.45) is 5.92 Å². The van der Waals surface area contributed by atoms with Gasteiger partial charge in [0.05, 0.1) is 7.11 Å². The highest BCUT2D eigenvalue weighted by Gasteiger charge is 2.19.